The Morgan fingerprint density at radius 2 is 1.82 bits per heavy atom. The molecule has 0 saturated heterocycles. The molecule has 2 aromatic heterocycles. The lowest BCUT2D eigenvalue weighted by molar-refractivity contribution is -0.137. The molecule has 0 radical (unpaired) electrons. The predicted octanol–water partition coefficient (Wildman–Crippen LogP) is 3.92. The molecule has 7 nitrogen and oxygen atoms in total. The molecule has 0 saturated carbocycles. The van der Waals surface area contributed by atoms with E-state index >= 15 is 0 Å². The molecule has 2 N–H and O–H groups in total. The number of pyridine rings is 1. The largest absolute Gasteiger partial charge is 0.497 e. The second-order valence-corrected chi connectivity index (χ2v) is 7.47. The zero-order valence-electron chi connectivity index (χ0n) is 17.9. The first-order valence-electron chi connectivity index (χ1n) is 10.1. The van der Waals surface area contributed by atoms with Crippen molar-refractivity contribution in [1.82, 2.24) is 14.1 Å². The van der Waals surface area contributed by atoms with E-state index in [2.05, 4.69) is 4.98 Å². The third-order valence-electron chi connectivity index (χ3n) is 5.12. The van der Waals surface area contributed by atoms with Gasteiger partial charge in [-0.3, -0.25) is 14.2 Å². The molecule has 0 atom stereocenters. The molecule has 0 spiro atoms. The summed E-state index contributed by atoms with van der Waals surface area (Å²) in [6, 6.07) is 13.9. The Morgan fingerprint density at radius 3 is 2.47 bits per heavy atom. The van der Waals surface area contributed by atoms with Crippen molar-refractivity contribution in [3.63, 3.8) is 0 Å². The highest BCUT2D eigenvalue weighted by molar-refractivity contribution is 6.07. The number of anilines is 1. The average Bonchev–Trinajstić information content (AvgIpc) is 3.22. The Morgan fingerprint density at radius 1 is 1.09 bits per heavy atom. The van der Waals surface area contributed by atoms with Crippen LogP contribution in [0, 0.1) is 0 Å². The van der Waals surface area contributed by atoms with Gasteiger partial charge in [0.25, 0.3) is 5.56 Å². The molecule has 0 fully saturated rings. The van der Waals surface area contributed by atoms with Gasteiger partial charge in [-0.15, -0.1) is 0 Å². The van der Waals surface area contributed by atoms with Gasteiger partial charge in [0.15, 0.2) is 11.6 Å². The Bertz CT molecular complexity index is 1410. The molecule has 0 amide bonds. The zero-order chi connectivity index (χ0) is 24.5. The lowest BCUT2D eigenvalue weighted by atomic mass is 10.1. The van der Waals surface area contributed by atoms with Gasteiger partial charge < -0.3 is 15.0 Å². The minimum absolute atomic E-state index is 0.117. The van der Waals surface area contributed by atoms with Gasteiger partial charge in [0.1, 0.15) is 5.75 Å². The zero-order valence-corrected chi connectivity index (χ0v) is 17.9. The van der Waals surface area contributed by atoms with Crippen molar-refractivity contribution in [2.75, 3.05) is 12.8 Å². The van der Waals surface area contributed by atoms with Crippen molar-refractivity contribution < 1.29 is 22.7 Å². The Hall–Kier alpha value is -4.34. The summed E-state index contributed by atoms with van der Waals surface area (Å²) in [5.74, 6) is -0.0548. The number of halogens is 3. The lowest BCUT2D eigenvalue weighted by Gasteiger charge is -2.10. The smallest absolute Gasteiger partial charge is 0.416 e. The summed E-state index contributed by atoms with van der Waals surface area (Å²) in [6.45, 7) is 0.181. The average molecular weight is 468 g/mol. The van der Waals surface area contributed by atoms with Crippen LogP contribution in [-0.2, 0) is 12.7 Å². The number of rotatable bonds is 6. The molecular weight excluding hydrogens is 449 g/mol. The maximum atomic E-state index is 13.2. The standard InChI is InChI=1S/C24H19F3N4O3/c1-34-19-7-5-15(6-8-19)13-30-14-20(31-10-9-18(28)12-21(31)32)29-23(30)22(33)16-3-2-4-17(11-16)24(25,26)27/h2-12,14H,13,28H2,1H3. The first-order valence-corrected chi connectivity index (χ1v) is 10.1. The molecule has 0 aliphatic heterocycles. The third kappa shape index (κ3) is 4.70. The number of benzene rings is 2. The lowest BCUT2D eigenvalue weighted by Crippen LogP contribution is -2.17. The second-order valence-electron chi connectivity index (χ2n) is 7.47. The maximum Gasteiger partial charge on any atom is 0.416 e. The fourth-order valence-corrected chi connectivity index (χ4v) is 3.40. The number of imidazole rings is 1. The number of carbonyl (C=O) groups is 1. The second kappa shape index (κ2) is 8.89. The van der Waals surface area contributed by atoms with Crippen molar-refractivity contribution in [3.8, 4) is 11.6 Å². The molecular formula is C24H19F3N4O3. The van der Waals surface area contributed by atoms with Gasteiger partial charge in [0.2, 0.25) is 5.78 Å². The number of methoxy groups -OCH3 is 1. The van der Waals surface area contributed by atoms with E-state index in [0.717, 1.165) is 23.8 Å². The summed E-state index contributed by atoms with van der Waals surface area (Å²) in [7, 11) is 1.54. The van der Waals surface area contributed by atoms with E-state index in [9.17, 15) is 22.8 Å². The van der Waals surface area contributed by atoms with Crippen LogP contribution < -0.4 is 16.0 Å². The molecule has 174 valence electrons. The Balaban J connectivity index is 1.80. The van der Waals surface area contributed by atoms with E-state index in [1.807, 2.05) is 0 Å². The van der Waals surface area contributed by atoms with Crippen LogP contribution in [0.25, 0.3) is 5.82 Å². The quantitative estimate of drug-likeness (QED) is 0.433. The highest BCUT2D eigenvalue weighted by Gasteiger charge is 2.31. The van der Waals surface area contributed by atoms with Crippen molar-refractivity contribution in [2.45, 2.75) is 12.7 Å². The normalized spacial score (nSPS) is 11.4. The summed E-state index contributed by atoms with van der Waals surface area (Å²) in [6.07, 6.45) is -1.70. The molecule has 0 unspecified atom stereocenters. The van der Waals surface area contributed by atoms with Gasteiger partial charge in [-0.1, -0.05) is 24.3 Å². The van der Waals surface area contributed by atoms with Crippen LogP contribution in [0.5, 0.6) is 5.75 Å². The Kier molecular flexibility index (Phi) is 5.97. The van der Waals surface area contributed by atoms with Crippen LogP contribution in [0.4, 0.5) is 18.9 Å². The number of aromatic nitrogens is 3. The SMILES string of the molecule is COc1ccc(Cn2cc(-n3ccc(N)cc3=O)nc2C(=O)c2cccc(C(F)(F)F)c2)cc1. The highest BCUT2D eigenvalue weighted by atomic mass is 19.4. The summed E-state index contributed by atoms with van der Waals surface area (Å²) < 4.78 is 47.4. The summed E-state index contributed by atoms with van der Waals surface area (Å²) in [4.78, 5) is 29.9. The first kappa shape index (κ1) is 22.8. The molecule has 34 heavy (non-hydrogen) atoms. The van der Waals surface area contributed by atoms with Gasteiger partial charge >= 0.3 is 6.18 Å². The van der Waals surface area contributed by atoms with E-state index < -0.39 is 23.1 Å². The molecule has 0 aliphatic carbocycles. The molecule has 4 rings (SSSR count). The summed E-state index contributed by atoms with van der Waals surface area (Å²) in [5, 5.41) is 0. The molecule has 10 heteroatoms. The fraction of sp³-hybridized carbons (Fsp3) is 0.125. The van der Waals surface area contributed by atoms with E-state index in [4.69, 9.17) is 10.5 Å². The first-order chi connectivity index (χ1) is 16.2. The van der Waals surface area contributed by atoms with Gasteiger partial charge in [0.05, 0.1) is 12.7 Å². The number of nitrogen functional groups attached to an aromatic ring is 1. The van der Waals surface area contributed by atoms with Gasteiger partial charge in [0, 0.05) is 36.3 Å². The monoisotopic (exact) mass is 468 g/mol. The number of nitrogens with zero attached hydrogens (tertiary/aromatic N) is 3. The van der Waals surface area contributed by atoms with Crippen LogP contribution in [-0.4, -0.2) is 27.0 Å². The van der Waals surface area contributed by atoms with Crippen LogP contribution >= 0.6 is 0 Å². The number of hydrogen-bond donors (Lipinski definition) is 1. The van der Waals surface area contributed by atoms with Crippen molar-refractivity contribution in [3.05, 3.63) is 106 Å². The van der Waals surface area contributed by atoms with Crippen LogP contribution in [0.1, 0.15) is 27.3 Å². The molecule has 0 bridgehead atoms. The van der Waals surface area contributed by atoms with E-state index in [1.54, 1.807) is 24.3 Å². The number of ketones is 1. The van der Waals surface area contributed by atoms with Gasteiger partial charge in [-0.2, -0.15) is 13.2 Å². The Labute approximate surface area is 191 Å². The minimum atomic E-state index is -4.60. The van der Waals surface area contributed by atoms with E-state index in [1.165, 1.54) is 46.8 Å². The molecule has 4 aromatic rings. The number of alkyl halides is 3. The van der Waals surface area contributed by atoms with E-state index in [0.29, 0.717) is 5.75 Å². The fourth-order valence-electron chi connectivity index (χ4n) is 3.40. The van der Waals surface area contributed by atoms with Crippen molar-refractivity contribution >= 4 is 11.5 Å². The highest BCUT2D eigenvalue weighted by Crippen LogP contribution is 2.30. The van der Waals surface area contributed by atoms with Gasteiger partial charge in [-0.05, 0) is 35.9 Å². The third-order valence-corrected chi connectivity index (χ3v) is 5.12. The summed E-state index contributed by atoms with van der Waals surface area (Å²) >= 11 is 0. The predicted molar refractivity (Wildman–Crippen MR) is 119 cm³/mol. The molecule has 2 aromatic carbocycles. The number of nitrogens with two attached hydrogens (primary N) is 1. The van der Waals surface area contributed by atoms with Crippen LogP contribution in [0.15, 0.2) is 77.9 Å². The van der Waals surface area contributed by atoms with E-state index in [-0.39, 0.29) is 29.4 Å². The number of ether oxygens (including phenoxy) is 1. The molecule has 0 aliphatic rings. The maximum absolute atomic E-state index is 13.2. The topological polar surface area (TPSA) is 92.1 Å². The number of carbonyl (C=O) groups excluding carboxylic acids is 1. The van der Waals surface area contributed by atoms with Crippen molar-refractivity contribution in [1.29, 1.82) is 0 Å². The van der Waals surface area contributed by atoms with Crippen LogP contribution in [0.2, 0.25) is 0 Å². The van der Waals surface area contributed by atoms with Crippen LogP contribution in [0.3, 0.4) is 0 Å². The van der Waals surface area contributed by atoms with Gasteiger partial charge in [-0.25, -0.2) is 4.98 Å². The minimum Gasteiger partial charge on any atom is -0.497 e. The number of hydrogen-bond acceptors (Lipinski definition) is 5. The summed E-state index contributed by atoms with van der Waals surface area (Å²) in [5.41, 5.74) is 5.11. The molecule has 2 heterocycles. The van der Waals surface area contributed by atoms with Crippen molar-refractivity contribution in [2.24, 2.45) is 0 Å².